The zero-order valence-corrected chi connectivity index (χ0v) is 13.4. The molecule has 108 valence electrons. The molecule has 4 heteroatoms. The number of benzene rings is 1. The predicted molar refractivity (Wildman–Crippen MR) is 88.0 cm³/mol. The Bertz CT molecular complexity index is 536. The Balaban J connectivity index is 2.71. The van der Waals surface area contributed by atoms with E-state index in [1.807, 2.05) is 25.1 Å². The van der Waals surface area contributed by atoms with Gasteiger partial charge in [-0.05, 0) is 24.6 Å². The van der Waals surface area contributed by atoms with Crippen LogP contribution in [-0.4, -0.2) is 23.0 Å². The minimum Gasteiger partial charge on any atom is -0.325 e. The van der Waals surface area contributed by atoms with E-state index in [9.17, 15) is 4.79 Å². The zero-order chi connectivity index (χ0) is 15.2. The Morgan fingerprint density at radius 3 is 2.70 bits per heavy atom. The summed E-state index contributed by atoms with van der Waals surface area (Å²) in [7, 11) is 0. The minimum atomic E-state index is 0.00603. The highest BCUT2D eigenvalue weighted by Crippen LogP contribution is 2.23. The lowest BCUT2D eigenvalue weighted by Crippen LogP contribution is -2.19. The van der Waals surface area contributed by atoms with Gasteiger partial charge in [0.2, 0.25) is 5.91 Å². The molecule has 1 amide bonds. The highest BCUT2D eigenvalue weighted by Gasteiger charge is 2.13. The minimum absolute atomic E-state index is 0.00603. The second-order valence-corrected chi connectivity index (χ2v) is 7.29. The van der Waals surface area contributed by atoms with E-state index in [-0.39, 0.29) is 10.7 Å². The van der Waals surface area contributed by atoms with Gasteiger partial charge in [0.15, 0.2) is 0 Å². The zero-order valence-electron chi connectivity index (χ0n) is 12.5. The Morgan fingerprint density at radius 2 is 2.10 bits per heavy atom. The second kappa shape index (κ2) is 7.37. The maximum Gasteiger partial charge on any atom is 0.234 e. The number of aryl methyl sites for hydroxylation is 1. The van der Waals surface area contributed by atoms with Crippen molar-refractivity contribution in [2.24, 2.45) is 5.73 Å². The third kappa shape index (κ3) is 6.14. The summed E-state index contributed by atoms with van der Waals surface area (Å²) in [5, 5.41) is 2.90. The fourth-order valence-electron chi connectivity index (χ4n) is 1.46. The third-order valence-corrected chi connectivity index (χ3v) is 3.76. The van der Waals surface area contributed by atoms with Crippen molar-refractivity contribution < 1.29 is 4.79 Å². The van der Waals surface area contributed by atoms with Gasteiger partial charge in [0, 0.05) is 16.0 Å². The van der Waals surface area contributed by atoms with Crippen LogP contribution in [0.3, 0.4) is 0 Å². The van der Waals surface area contributed by atoms with E-state index >= 15 is 0 Å². The molecule has 0 atom stereocenters. The Hall–Kier alpha value is -1.44. The fourth-order valence-corrected chi connectivity index (χ4v) is 2.10. The van der Waals surface area contributed by atoms with Crippen molar-refractivity contribution in [3.63, 3.8) is 0 Å². The van der Waals surface area contributed by atoms with E-state index < -0.39 is 0 Å². The molecule has 20 heavy (non-hydrogen) atoms. The van der Waals surface area contributed by atoms with Gasteiger partial charge in [0.1, 0.15) is 0 Å². The molecular formula is C16H22N2OS. The lowest BCUT2D eigenvalue weighted by atomic mass is 10.1. The van der Waals surface area contributed by atoms with Gasteiger partial charge in [-0.25, -0.2) is 0 Å². The molecule has 0 aliphatic heterocycles. The quantitative estimate of drug-likeness (QED) is 0.842. The molecule has 3 nitrogen and oxygen atoms in total. The van der Waals surface area contributed by atoms with E-state index in [1.54, 1.807) is 11.8 Å². The molecule has 0 aliphatic carbocycles. The number of rotatable bonds is 3. The van der Waals surface area contributed by atoms with Crippen LogP contribution in [0.4, 0.5) is 5.69 Å². The summed E-state index contributed by atoms with van der Waals surface area (Å²) in [4.78, 5) is 11.9. The summed E-state index contributed by atoms with van der Waals surface area (Å²) in [6, 6.07) is 5.73. The molecule has 3 N–H and O–H groups in total. The first-order valence-electron chi connectivity index (χ1n) is 6.55. The Labute approximate surface area is 125 Å². The first-order valence-corrected chi connectivity index (χ1v) is 7.54. The number of carbonyl (C=O) groups excluding carboxylic acids is 1. The molecule has 0 radical (unpaired) electrons. The average molecular weight is 290 g/mol. The number of hydrogen-bond acceptors (Lipinski definition) is 3. The number of carbonyl (C=O) groups is 1. The van der Waals surface area contributed by atoms with Crippen molar-refractivity contribution in [3.05, 3.63) is 29.3 Å². The highest BCUT2D eigenvalue weighted by molar-refractivity contribution is 8.01. The molecular weight excluding hydrogens is 268 g/mol. The lowest BCUT2D eigenvalue weighted by Gasteiger charge is -2.17. The van der Waals surface area contributed by atoms with Gasteiger partial charge in [-0.1, -0.05) is 38.7 Å². The van der Waals surface area contributed by atoms with Gasteiger partial charge in [-0.2, -0.15) is 0 Å². The number of amides is 1. The monoisotopic (exact) mass is 290 g/mol. The molecule has 0 unspecified atom stereocenters. The molecule has 0 heterocycles. The smallest absolute Gasteiger partial charge is 0.234 e. The largest absolute Gasteiger partial charge is 0.325 e. The van der Waals surface area contributed by atoms with Crippen molar-refractivity contribution in [2.45, 2.75) is 32.4 Å². The summed E-state index contributed by atoms with van der Waals surface area (Å²) in [5.74, 6) is 6.29. The maximum absolute atomic E-state index is 11.9. The molecule has 1 aromatic rings. The van der Waals surface area contributed by atoms with Crippen LogP contribution in [0.5, 0.6) is 0 Å². The van der Waals surface area contributed by atoms with Gasteiger partial charge >= 0.3 is 0 Å². The van der Waals surface area contributed by atoms with Crippen LogP contribution in [0.1, 0.15) is 31.9 Å². The average Bonchev–Trinajstić information content (AvgIpc) is 2.36. The molecule has 0 bridgehead atoms. The van der Waals surface area contributed by atoms with Crippen molar-refractivity contribution in [2.75, 3.05) is 17.6 Å². The van der Waals surface area contributed by atoms with Crippen molar-refractivity contribution in [3.8, 4) is 11.8 Å². The van der Waals surface area contributed by atoms with E-state index in [0.717, 1.165) is 16.8 Å². The van der Waals surface area contributed by atoms with Gasteiger partial charge in [0.05, 0.1) is 12.3 Å². The van der Waals surface area contributed by atoms with Crippen LogP contribution < -0.4 is 11.1 Å². The van der Waals surface area contributed by atoms with Crippen LogP contribution in [0.25, 0.3) is 0 Å². The van der Waals surface area contributed by atoms with E-state index in [2.05, 4.69) is 37.9 Å². The standard InChI is InChI=1S/C16H22N2OS/c1-12-7-8-14(10-13(12)6-5-9-17)18-15(19)11-20-16(2,3)4/h7-8,10H,9,11,17H2,1-4H3,(H,18,19). The summed E-state index contributed by atoms with van der Waals surface area (Å²) < 4.78 is 0.0857. The maximum atomic E-state index is 11.9. The summed E-state index contributed by atoms with van der Waals surface area (Å²) in [6.45, 7) is 8.60. The highest BCUT2D eigenvalue weighted by atomic mass is 32.2. The number of thioether (sulfide) groups is 1. The molecule has 1 aromatic carbocycles. The van der Waals surface area contributed by atoms with E-state index in [4.69, 9.17) is 5.73 Å². The number of nitrogens with one attached hydrogen (secondary N) is 1. The molecule has 0 saturated carbocycles. The molecule has 0 spiro atoms. The fraction of sp³-hybridized carbons (Fsp3) is 0.438. The summed E-state index contributed by atoms with van der Waals surface area (Å²) in [6.07, 6.45) is 0. The molecule has 0 aliphatic rings. The van der Waals surface area contributed by atoms with E-state index in [1.165, 1.54) is 0 Å². The van der Waals surface area contributed by atoms with Crippen LogP contribution in [0, 0.1) is 18.8 Å². The Kier molecular flexibility index (Phi) is 6.12. The van der Waals surface area contributed by atoms with Crippen LogP contribution in [0.2, 0.25) is 0 Å². The first kappa shape index (κ1) is 16.6. The topological polar surface area (TPSA) is 55.1 Å². The molecule has 1 rings (SSSR count). The van der Waals surface area contributed by atoms with Gasteiger partial charge in [0.25, 0.3) is 0 Å². The van der Waals surface area contributed by atoms with Crippen molar-refractivity contribution in [1.29, 1.82) is 0 Å². The molecule has 0 aromatic heterocycles. The summed E-state index contributed by atoms with van der Waals surface area (Å²) in [5.41, 5.74) is 8.13. The number of hydrogen-bond donors (Lipinski definition) is 2. The predicted octanol–water partition coefficient (Wildman–Crippen LogP) is 2.78. The normalized spacial score (nSPS) is 10.7. The Morgan fingerprint density at radius 1 is 1.40 bits per heavy atom. The molecule has 0 saturated heterocycles. The number of nitrogens with two attached hydrogens (primary N) is 1. The van der Waals surface area contributed by atoms with E-state index in [0.29, 0.717) is 12.3 Å². The first-order chi connectivity index (χ1) is 9.31. The van der Waals surface area contributed by atoms with Crippen molar-refractivity contribution >= 4 is 23.4 Å². The SMILES string of the molecule is Cc1ccc(NC(=O)CSC(C)(C)C)cc1C#CCN. The van der Waals surface area contributed by atoms with Gasteiger partial charge in [-0.3, -0.25) is 4.79 Å². The molecule has 0 fully saturated rings. The van der Waals surface area contributed by atoms with Crippen molar-refractivity contribution in [1.82, 2.24) is 0 Å². The summed E-state index contributed by atoms with van der Waals surface area (Å²) >= 11 is 1.63. The van der Waals surface area contributed by atoms with Gasteiger partial charge < -0.3 is 11.1 Å². The van der Waals surface area contributed by atoms with Gasteiger partial charge in [-0.15, -0.1) is 11.8 Å². The number of anilines is 1. The lowest BCUT2D eigenvalue weighted by molar-refractivity contribution is -0.113. The van der Waals surface area contributed by atoms with Crippen LogP contribution in [-0.2, 0) is 4.79 Å². The second-order valence-electron chi connectivity index (χ2n) is 5.48. The van der Waals surface area contributed by atoms with Crippen LogP contribution >= 0.6 is 11.8 Å². The van der Waals surface area contributed by atoms with Crippen LogP contribution in [0.15, 0.2) is 18.2 Å². The third-order valence-electron chi connectivity index (χ3n) is 2.48.